The summed E-state index contributed by atoms with van der Waals surface area (Å²) in [5, 5.41) is 14.7. The highest BCUT2D eigenvalue weighted by Crippen LogP contribution is 2.38. The molecule has 0 amide bonds. The van der Waals surface area contributed by atoms with Gasteiger partial charge in [-0.25, -0.2) is 14.8 Å². The summed E-state index contributed by atoms with van der Waals surface area (Å²) in [4.78, 5) is 20.5. The number of anilines is 1. The van der Waals surface area contributed by atoms with E-state index in [9.17, 15) is 23.1 Å². The molecule has 11 heteroatoms. The normalized spacial score (nSPS) is 11.6. The molecule has 0 aliphatic heterocycles. The Morgan fingerprint density at radius 2 is 2.03 bits per heavy atom. The number of carbonyl (C=O) groups is 1. The fourth-order valence-electron chi connectivity index (χ4n) is 3.33. The second-order valence-electron chi connectivity index (χ2n) is 6.99. The first-order chi connectivity index (χ1) is 15.8. The summed E-state index contributed by atoms with van der Waals surface area (Å²) in [5.41, 5.74) is 0.470. The highest BCUT2D eigenvalue weighted by atomic mass is 32.1. The van der Waals surface area contributed by atoms with Crippen molar-refractivity contribution in [3.63, 3.8) is 0 Å². The zero-order valence-electron chi connectivity index (χ0n) is 17.3. The maximum Gasteiger partial charge on any atom is 0.417 e. The highest BCUT2D eigenvalue weighted by Gasteiger charge is 2.33. The summed E-state index contributed by atoms with van der Waals surface area (Å²) in [6.45, 7) is 2.46. The molecule has 0 bridgehead atoms. The van der Waals surface area contributed by atoms with Crippen molar-refractivity contribution in [1.29, 1.82) is 0 Å². The van der Waals surface area contributed by atoms with E-state index >= 15 is 0 Å². The molecule has 0 saturated heterocycles. The van der Waals surface area contributed by atoms with Crippen LogP contribution in [0.2, 0.25) is 0 Å². The predicted molar refractivity (Wildman–Crippen MR) is 122 cm³/mol. The fourth-order valence-corrected chi connectivity index (χ4v) is 5.16. The van der Waals surface area contributed by atoms with Gasteiger partial charge in [-0.1, -0.05) is 6.07 Å². The minimum atomic E-state index is -4.41. The fraction of sp³-hybridized carbons (Fsp3) is 0.227. The van der Waals surface area contributed by atoms with Crippen LogP contribution in [-0.4, -0.2) is 34.2 Å². The Labute approximate surface area is 194 Å². The molecule has 0 unspecified atom stereocenters. The van der Waals surface area contributed by atoms with Crippen molar-refractivity contribution in [1.82, 2.24) is 9.97 Å². The summed E-state index contributed by atoms with van der Waals surface area (Å²) in [6, 6.07) is 7.93. The molecular weight excluding hydrogens is 475 g/mol. The summed E-state index contributed by atoms with van der Waals surface area (Å²) >= 11 is 2.13. The van der Waals surface area contributed by atoms with Crippen LogP contribution in [-0.2, 0) is 12.6 Å². The van der Waals surface area contributed by atoms with Gasteiger partial charge in [0.2, 0.25) is 0 Å². The molecule has 6 nitrogen and oxygen atoms in total. The molecule has 0 aliphatic rings. The summed E-state index contributed by atoms with van der Waals surface area (Å²) in [7, 11) is 0. The maximum absolute atomic E-state index is 13.4. The Morgan fingerprint density at radius 3 is 2.76 bits per heavy atom. The molecule has 0 aliphatic carbocycles. The second-order valence-corrected chi connectivity index (χ2v) is 8.96. The average molecular weight is 494 g/mol. The molecule has 3 heterocycles. The smallest absolute Gasteiger partial charge is 0.417 e. The molecule has 0 fully saturated rings. The summed E-state index contributed by atoms with van der Waals surface area (Å²) in [6.07, 6.45) is -2.70. The lowest BCUT2D eigenvalue weighted by molar-refractivity contribution is -0.136. The second kappa shape index (κ2) is 9.36. The van der Waals surface area contributed by atoms with Crippen molar-refractivity contribution in [2.75, 3.05) is 18.5 Å². The summed E-state index contributed by atoms with van der Waals surface area (Å²) < 4.78 is 45.9. The first kappa shape index (κ1) is 23.0. The molecular formula is C22H18F3N3O3S2. The van der Waals surface area contributed by atoms with Crippen LogP contribution in [0.15, 0.2) is 42.0 Å². The molecule has 4 aromatic rings. The highest BCUT2D eigenvalue weighted by molar-refractivity contribution is 7.17. The quantitative estimate of drug-likeness (QED) is 0.305. The van der Waals surface area contributed by atoms with Crippen LogP contribution in [0.4, 0.5) is 19.0 Å². The Bertz CT molecular complexity index is 1300. The molecule has 3 aromatic heterocycles. The van der Waals surface area contributed by atoms with Crippen LogP contribution in [0.3, 0.4) is 0 Å². The van der Waals surface area contributed by atoms with E-state index in [4.69, 9.17) is 4.74 Å². The van der Waals surface area contributed by atoms with Gasteiger partial charge in [0.25, 0.3) is 0 Å². The number of aromatic nitrogens is 2. The first-order valence-electron chi connectivity index (χ1n) is 9.89. The number of aromatic carboxylic acids is 1. The zero-order valence-corrected chi connectivity index (χ0v) is 18.9. The van der Waals surface area contributed by atoms with Gasteiger partial charge in [0.1, 0.15) is 17.9 Å². The first-order valence-corrected chi connectivity index (χ1v) is 11.6. The van der Waals surface area contributed by atoms with E-state index < -0.39 is 17.7 Å². The number of halogens is 3. The molecule has 2 N–H and O–H groups in total. The number of hydrogen-bond acceptors (Lipinski definition) is 7. The molecule has 0 spiro atoms. The van der Waals surface area contributed by atoms with E-state index in [0.717, 1.165) is 22.7 Å². The van der Waals surface area contributed by atoms with Gasteiger partial charge < -0.3 is 15.2 Å². The van der Waals surface area contributed by atoms with Gasteiger partial charge in [-0.05, 0) is 41.8 Å². The van der Waals surface area contributed by atoms with Crippen LogP contribution < -0.4 is 10.1 Å². The predicted octanol–water partition coefficient (Wildman–Crippen LogP) is 6.19. The third kappa shape index (κ3) is 5.09. The lowest BCUT2D eigenvalue weighted by Gasteiger charge is -2.11. The monoisotopic (exact) mass is 493 g/mol. The van der Waals surface area contributed by atoms with Gasteiger partial charge in [-0.2, -0.15) is 13.2 Å². The molecule has 4 rings (SSSR count). The number of hydrogen-bond donors (Lipinski definition) is 2. The minimum Gasteiger partial charge on any atom is -0.492 e. The van der Waals surface area contributed by atoms with Crippen molar-refractivity contribution in [2.45, 2.75) is 19.5 Å². The van der Waals surface area contributed by atoms with Gasteiger partial charge in [0.05, 0.1) is 22.7 Å². The largest absolute Gasteiger partial charge is 0.492 e. The van der Waals surface area contributed by atoms with Crippen LogP contribution >= 0.6 is 22.7 Å². The SMILES string of the molecule is CCOc1cc(-c2cc(NCCc3cc(C(F)(F)F)c4sccc4c3)ncn2)sc1C(=O)O. The Balaban J connectivity index is 1.49. The number of nitrogens with zero attached hydrogens (tertiary/aromatic N) is 2. The van der Waals surface area contributed by atoms with E-state index in [0.29, 0.717) is 46.9 Å². The van der Waals surface area contributed by atoms with Gasteiger partial charge >= 0.3 is 12.1 Å². The number of carboxylic acids is 1. The van der Waals surface area contributed by atoms with E-state index in [1.807, 2.05) is 0 Å². The van der Waals surface area contributed by atoms with Gasteiger partial charge in [0, 0.05) is 23.4 Å². The van der Waals surface area contributed by atoms with Crippen molar-refractivity contribution in [3.05, 3.63) is 58.0 Å². The number of fused-ring (bicyclic) bond motifs is 1. The zero-order chi connectivity index (χ0) is 23.6. The molecule has 33 heavy (non-hydrogen) atoms. The molecule has 172 valence electrons. The van der Waals surface area contributed by atoms with E-state index in [-0.39, 0.29) is 15.3 Å². The Hall–Kier alpha value is -3.18. The van der Waals surface area contributed by atoms with E-state index in [2.05, 4.69) is 15.3 Å². The third-order valence-corrected chi connectivity index (χ3v) is 6.84. The summed E-state index contributed by atoms with van der Waals surface area (Å²) in [5.74, 6) is -0.318. The van der Waals surface area contributed by atoms with Gasteiger partial charge in [-0.15, -0.1) is 22.7 Å². The molecule has 0 saturated carbocycles. The minimum absolute atomic E-state index is 0.0873. The van der Waals surface area contributed by atoms with Gasteiger partial charge in [-0.3, -0.25) is 0 Å². The number of ether oxygens (including phenoxy) is 1. The number of alkyl halides is 3. The topological polar surface area (TPSA) is 84.3 Å². The van der Waals surface area contributed by atoms with Crippen LogP contribution in [0.25, 0.3) is 20.7 Å². The van der Waals surface area contributed by atoms with Crippen LogP contribution in [0.1, 0.15) is 27.7 Å². The average Bonchev–Trinajstić information content (AvgIpc) is 3.40. The number of thiophene rings is 2. The number of benzene rings is 1. The van der Waals surface area contributed by atoms with E-state index in [1.54, 1.807) is 36.6 Å². The van der Waals surface area contributed by atoms with Crippen LogP contribution in [0.5, 0.6) is 5.75 Å². The van der Waals surface area contributed by atoms with Gasteiger partial charge in [0.15, 0.2) is 4.88 Å². The number of carboxylic acid groups (broad SMARTS) is 1. The Kier molecular flexibility index (Phi) is 6.52. The molecule has 0 atom stereocenters. The molecule has 1 aromatic carbocycles. The van der Waals surface area contributed by atoms with Crippen molar-refractivity contribution in [2.24, 2.45) is 0 Å². The standard InChI is InChI=1S/C22H18F3N3O3S2/c1-2-31-16-10-17(33-20(16)21(29)30)15-9-18(28-11-27-15)26-5-3-12-7-13-4-6-32-19(13)14(8-12)22(23,24)25/h4,6-11H,2-3,5H2,1H3,(H,29,30)(H,26,27,28). The van der Waals surface area contributed by atoms with E-state index in [1.165, 1.54) is 12.4 Å². The Morgan fingerprint density at radius 1 is 1.21 bits per heavy atom. The maximum atomic E-state index is 13.4. The van der Waals surface area contributed by atoms with Crippen molar-refractivity contribution in [3.8, 4) is 16.3 Å². The van der Waals surface area contributed by atoms with Crippen LogP contribution in [0, 0.1) is 0 Å². The third-order valence-electron chi connectivity index (χ3n) is 4.75. The molecule has 0 radical (unpaired) electrons. The lowest BCUT2D eigenvalue weighted by Crippen LogP contribution is -2.09. The number of rotatable bonds is 8. The lowest BCUT2D eigenvalue weighted by atomic mass is 10.0. The van der Waals surface area contributed by atoms with Crippen molar-refractivity contribution < 1.29 is 27.8 Å². The van der Waals surface area contributed by atoms with Crippen molar-refractivity contribution >= 4 is 44.5 Å². The number of nitrogens with one attached hydrogen (secondary N) is 1.